The number of aliphatic hydroxyl groups is 3. The third kappa shape index (κ3) is 3.47. The second-order valence-corrected chi connectivity index (χ2v) is 3.85. The molecule has 0 atom stereocenters. The largest absolute Gasteiger partial charge is 0.476 e. The first kappa shape index (κ1) is 14.5. The van der Waals surface area contributed by atoms with E-state index in [4.69, 9.17) is 20.4 Å². The Morgan fingerprint density at radius 1 is 1.33 bits per heavy atom. The van der Waals surface area contributed by atoms with Gasteiger partial charge in [-0.1, -0.05) is 5.21 Å². The fourth-order valence-corrected chi connectivity index (χ4v) is 1.26. The summed E-state index contributed by atoms with van der Waals surface area (Å²) in [4.78, 5) is 10.6. The molecule has 0 saturated heterocycles. The normalized spacial score (nSPS) is 11.7. The van der Waals surface area contributed by atoms with Gasteiger partial charge in [-0.2, -0.15) is 0 Å². The Labute approximate surface area is 103 Å². The first-order chi connectivity index (χ1) is 8.56. The molecule has 9 heteroatoms. The highest BCUT2D eigenvalue weighted by molar-refractivity contribution is 5.84. The van der Waals surface area contributed by atoms with E-state index in [2.05, 4.69) is 15.6 Å². The number of aromatic carboxylic acids is 1. The predicted molar refractivity (Wildman–Crippen MR) is 59.0 cm³/mol. The van der Waals surface area contributed by atoms with Crippen LogP contribution in [-0.4, -0.2) is 73.3 Å². The lowest BCUT2D eigenvalue weighted by Gasteiger charge is -2.28. The van der Waals surface area contributed by atoms with Crippen LogP contribution in [0.4, 0.5) is 0 Å². The molecule has 0 aliphatic carbocycles. The van der Waals surface area contributed by atoms with Crippen molar-refractivity contribution in [2.75, 3.05) is 26.4 Å². The lowest BCUT2D eigenvalue weighted by atomic mass is 10.0. The fourth-order valence-electron chi connectivity index (χ4n) is 1.26. The molecule has 1 heterocycles. The lowest BCUT2D eigenvalue weighted by molar-refractivity contribution is 0.0420. The van der Waals surface area contributed by atoms with Crippen molar-refractivity contribution in [3.63, 3.8) is 0 Å². The van der Waals surface area contributed by atoms with Crippen LogP contribution < -0.4 is 5.32 Å². The lowest BCUT2D eigenvalue weighted by Crippen LogP contribution is -2.55. The Hall–Kier alpha value is -1.55. The van der Waals surface area contributed by atoms with Crippen LogP contribution in [0.15, 0.2) is 6.20 Å². The Kier molecular flexibility index (Phi) is 5.16. The highest BCUT2D eigenvalue weighted by atomic mass is 16.4. The summed E-state index contributed by atoms with van der Waals surface area (Å²) in [6.07, 6.45) is 1.27. The second kappa shape index (κ2) is 6.40. The Morgan fingerprint density at radius 3 is 2.39 bits per heavy atom. The first-order valence-corrected chi connectivity index (χ1v) is 5.28. The van der Waals surface area contributed by atoms with Crippen molar-refractivity contribution in [3.05, 3.63) is 11.9 Å². The highest BCUT2D eigenvalue weighted by Crippen LogP contribution is 2.01. The van der Waals surface area contributed by atoms with Gasteiger partial charge in [0.05, 0.1) is 38.1 Å². The number of carbonyl (C=O) groups is 1. The van der Waals surface area contributed by atoms with Gasteiger partial charge in [0.2, 0.25) is 0 Å². The van der Waals surface area contributed by atoms with Crippen LogP contribution in [0.2, 0.25) is 0 Å². The zero-order chi connectivity index (χ0) is 13.6. The molecule has 18 heavy (non-hydrogen) atoms. The van der Waals surface area contributed by atoms with E-state index < -0.39 is 31.3 Å². The van der Waals surface area contributed by atoms with Crippen LogP contribution in [0.1, 0.15) is 10.5 Å². The molecular formula is C9H16N4O5. The molecule has 0 bridgehead atoms. The van der Waals surface area contributed by atoms with Crippen molar-refractivity contribution in [1.29, 1.82) is 0 Å². The molecule has 9 nitrogen and oxygen atoms in total. The second-order valence-electron chi connectivity index (χ2n) is 3.85. The number of nitrogens with zero attached hydrogens (tertiary/aromatic N) is 3. The molecule has 5 N–H and O–H groups in total. The molecule has 1 rings (SSSR count). The quantitative estimate of drug-likeness (QED) is 0.339. The smallest absolute Gasteiger partial charge is 0.358 e. The zero-order valence-electron chi connectivity index (χ0n) is 9.65. The van der Waals surface area contributed by atoms with E-state index in [0.717, 1.165) is 0 Å². The summed E-state index contributed by atoms with van der Waals surface area (Å²) in [7, 11) is 0. The molecule has 0 radical (unpaired) electrons. The maximum Gasteiger partial charge on any atom is 0.358 e. The molecule has 0 fully saturated rings. The minimum Gasteiger partial charge on any atom is -0.476 e. The van der Waals surface area contributed by atoms with Gasteiger partial charge < -0.3 is 25.7 Å². The molecule has 1 aromatic heterocycles. The molecule has 0 aliphatic heterocycles. The molecule has 0 aromatic carbocycles. The number of aliphatic hydroxyl groups excluding tert-OH is 3. The van der Waals surface area contributed by atoms with Gasteiger partial charge in [-0.25, -0.2) is 4.79 Å². The molecule has 0 saturated carbocycles. The molecule has 0 aliphatic rings. The fraction of sp³-hybridized carbons (Fsp3) is 0.667. The number of carboxylic acid groups (broad SMARTS) is 1. The van der Waals surface area contributed by atoms with Gasteiger partial charge in [-0.05, 0) is 0 Å². The average molecular weight is 260 g/mol. The van der Waals surface area contributed by atoms with Gasteiger partial charge >= 0.3 is 5.97 Å². The Bertz CT molecular complexity index is 382. The van der Waals surface area contributed by atoms with E-state index in [1.807, 2.05) is 0 Å². The van der Waals surface area contributed by atoms with Crippen LogP contribution in [0.5, 0.6) is 0 Å². The SMILES string of the molecule is O=C(O)c1cn(CCNC(CO)(CO)CO)nn1. The van der Waals surface area contributed by atoms with Crippen molar-refractivity contribution < 1.29 is 25.2 Å². The van der Waals surface area contributed by atoms with E-state index in [1.54, 1.807) is 0 Å². The first-order valence-electron chi connectivity index (χ1n) is 5.28. The van der Waals surface area contributed by atoms with Crippen LogP contribution in [0.25, 0.3) is 0 Å². The summed E-state index contributed by atoms with van der Waals surface area (Å²) in [5.74, 6) is -1.16. The Balaban J connectivity index is 2.47. The van der Waals surface area contributed by atoms with E-state index in [0.29, 0.717) is 6.54 Å². The number of hydrogen-bond donors (Lipinski definition) is 5. The van der Waals surface area contributed by atoms with Crippen molar-refractivity contribution in [3.8, 4) is 0 Å². The maximum atomic E-state index is 10.6. The average Bonchev–Trinajstić information content (AvgIpc) is 2.84. The van der Waals surface area contributed by atoms with Crippen molar-refractivity contribution in [2.24, 2.45) is 0 Å². The molecule has 0 amide bonds. The molecular weight excluding hydrogens is 244 g/mol. The molecule has 1 aromatic rings. The number of aromatic nitrogens is 3. The number of rotatable bonds is 8. The Morgan fingerprint density at radius 2 is 1.94 bits per heavy atom. The van der Waals surface area contributed by atoms with Gasteiger partial charge in [0, 0.05) is 6.54 Å². The minimum atomic E-state index is -1.16. The molecule has 0 spiro atoms. The standard InChI is InChI=1S/C9H16N4O5/c14-4-9(5-15,6-16)10-1-2-13-3-7(8(17)18)11-12-13/h3,10,14-16H,1-2,4-6H2,(H,17,18). The van der Waals surface area contributed by atoms with Gasteiger partial charge in [-0.3, -0.25) is 4.68 Å². The van der Waals surface area contributed by atoms with E-state index in [9.17, 15) is 4.79 Å². The van der Waals surface area contributed by atoms with E-state index in [-0.39, 0.29) is 12.2 Å². The summed E-state index contributed by atoms with van der Waals surface area (Å²) >= 11 is 0. The third-order valence-corrected chi connectivity index (χ3v) is 2.51. The molecule has 102 valence electrons. The summed E-state index contributed by atoms with van der Waals surface area (Å²) in [5, 5.41) is 45.6. The van der Waals surface area contributed by atoms with E-state index in [1.165, 1.54) is 10.9 Å². The van der Waals surface area contributed by atoms with Crippen LogP contribution >= 0.6 is 0 Å². The van der Waals surface area contributed by atoms with Crippen molar-refractivity contribution in [1.82, 2.24) is 20.3 Å². The monoisotopic (exact) mass is 260 g/mol. The number of carboxylic acids is 1. The summed E-state index contributed by atoms with van der Waals surface area (Å²) in [6.45, 7) is -0.681. The van der Waals surface area contributed by atoms with Crippen molar-refractivity contribution in [2.45, 2.75) is 12.1 Å². The number of nitrogens with one attached hydrogen (secondary N) is 1. The van der Waals surface area contributed by atoms with Gasteiger partial charge in [0.25, 0.3) is 0 Å². The summed E-state index contributed by atoms with van der Waals surface area (Å²) < 4.78 is 1.31. The van der Waals surface area contributed by atoms with Crippen LogP contribution in [0, 0.1) is 0 Å². The minimum absolute atomic E-state index is 0.160. The topological polar surface area (TPSA) is 141 Å². The molecule has 0 unspecified atom stereocenters. The van der Waals surface area contributed by atoms with Gasteiger partial charge in [0.1, 0.15) is 0 Å². The van der Waals surface area contributed by atoms with Crippen molar-refractivity contribution >= 4 is 5.97 Å². The number of hydrogen-bond acceptors (Lipinski definition) is 7. The van der Waals surface area contributed by atoms with E-state index >= 15 is 0 Å². The van der Waals surface area contributed by atoms with Gasteiger partial charge in [0.15, 0.2) is 5.69 Å². The zero-order valence-corrected chi connectivity index (χ0v) is 9.65. The van der Waals surface area contributed by atoms with Crippen LogP contribution in [-0.2, 0) is 6.54 Å². The highest BCUT2D eigenvalue weighted by Gasteiger charge is 2.26. The predicted octanol–water partition coefficient (Wildman–Crippen LogP) is -2.72. The van der Waals surface area contributed by atoms with Crippen LogP contribution in [0.3, 0.4) is 0 Å². The third-order valence-electron chi connectivity index (χ3n) is 2.51. The summed E-state index contributed by atoms with van der Waals surface area (Å²) in [5.41, 5.74) is -1.32. The van der Waals surface area contributed by atoms with Gasteiger partial charge in [-0.15, -0.1) is 5.10 Å². The maximum absolute atomic E-state index is 10.6. The summed E-state index contributed by atoms with van der Waals surface area (Å²) in [6, 6.07) is 0.